The highest BCUT2D eigenvalue weighted by atomic mass is 32.1. The highest BCUT2D eigenvalue weighted by molar-refractivity contribution is 7.13. The third-order valence-corrected chi connectivity index (χ3v) is 4.50. The molecule has 0 radical (unpaired) electrons. The molecule has 6 heteroatoms. The van der Waals surface area contributed by atoms with Gasteiger partial charge in [0.2, 0.25) is 5.95 Å². The average molecular weight is 345 g/mol. The first-order valence-electron chi connectivity index (χ1n) is 7.80. The van der Waals surface area contributed by atoms with Crippen LogP contribution in [0, 0.1) is 6.92 Å². The molecule has 0 spiro atoms. The first-order valence-corrected chi connectivity index (χ1v) is 8.68. The van der Waals surface area contributed by atoms with Crippen molar-refractivity contribution in [1.82, 2.24) is 19.9 Å². The number of hydrogen-bond donors (Lipinski definition) is 1. The molecule has 25 heavy (non-hydrogen) atoms. The van der Waals surface area contributed by atoms with Gasteiger partial charge in [-0.1, -0.05) is 18.2 Å². The van der Waals surface area contributed by atoms with E-state index in [9.17, 15) is 0 Å². The van der Waals surface area contributed by atoms with E-state index in [1.807, 2.05) is 49.0 Å². The Morgan fingerprint density at radius 2 is 1.88 bits per heavy atom. The summed E-state index contributed by atoms with van der Waals surface area (Å²) in [4.78, 5) is 17.5. The lowest BCUT2D eigenvalue weighted by atomic mass is 10.1. The normalized spacial score (nSPS) is 10.6. The first kappa shape index (κ1) is 15.4. The van der Waals surface area contributed by atoms with Crippen LogP contribution in [0.15, 0.2) is 66.6 Å². The van der Waals surface area contributed by atoms with Crippen molar-refractivity contribution in [3.63, 3.8) is 0 Å². The molecule has 0 aliphatic heterocycles. The standard InChI is InChI=1S/C19H15N5S/c1-13-11-22-19(24-17(13)18-21-8-9-25-18)23-16-6-2-4-14(10-16)15-5-3-7-20-12-15/h2-12H,1H3,(H,22,23,24). The smallest absolute Gasteiger partial charge is 0.227 e. The fourth-order valence-electron chi connectivity index (χ4n) is 2.50. The molecule has 3 aromatic heterocycles. The van der Waals surface area contributed by atoms with Gasteiger partial charge >= 0.3 is 0 Å². The van der Waals surface area contributed by atoms with Crippen LogP contribution in [0.25, 0.3) is 21.8 Å². The number of anilines is 2. The summed E-state index contributed by atoms with van der Waals surface area (Å²) in [7, 11) is 0. The summed E-state index contributed by atoms with van der Waals surface area (Å²) in [6.45, 7) is 1.99. The number of rotatable bonds is 4. The molecule has 122 valence electrons. The third kappa shape index (κ3) is 3.39. The van der Waals surface area contributed by atoms with Crippen molar-refractivity contribution in [2.24, 2.45) is 0 Å². The van der Waals surface area contributed by atoms with Crippen molar-refractivity contribution in [3.8, 4) is 21.8 Å². The van der Waals surface area contributed by atoms with Crippen LogP contribution in [0.3, 0.4) is 0 Å². The lowest BCUT2D eigenvalue weighted by molar-refractivity contribution is 1.13. The molecule has 0 amide bonds. The van der Waals surface area contributed by atoms with E-state index >= 15 is 0 Å². The molecule has 4 aromatic rings. The zero-order valence-corrected chi connectivity index (χ0v) is 14.4. The molecule has 5 nitrogen and oxygen atoms in total. The Morgan fingerprint density at radius 3 is 2.68 bits per heavy atom. The van der Waals surface area contributed by atoms with Crippen molar-refractivity contribution in [1.29, 1.82) is 0 Å². The second kappa shape index (κ2) is 6.78. The molecular weight excluding hydrogens is 330 g/mol. The summed E-state index contributed by atoms with van der Waals surface area (Å²) >= 11 is 1.57. The number of nitrogens with one attached hydrogen (secondary N) is 1. The summed E-state index contributed by atoms with van der Waals surface area (Å²) in [5.41, 5.74) is 4.95. The van der Waals surface area contributed by atoms with Crippen LogP contribution in [0.2, 0.25) is 0 Å². The average Bonchev–Trinajstić information content (AvgIpc) is 3.19. The van der Waals surface area contributed by atoms with Gasteiger partial charge in [-0.15, -0.1) is 11.3 Å². The summed E-state index contributed by atoms with van der Waals surface area (Å²) in [6.07, 6.45) is 7.22. The molecule has 1 aromatic carbocycles. The quantitative estimate of drug-likeness (QED) is 0.580. The number of thiazole rings is 1. The Morgan fingerprint density at radius 1 is 0.960 bits per heavy atom. The Hall–Kier alpha value is -3.12. The molecule has 1 N–H and O–H groups in total. The number of pyridine rings is 1. The van der Waals surface area contributed by atoms with Gasteiger partial charge in [0.1, 0.15) is 10.7 Å². The van der Waals surface area contributed by atoms with Crippen molar-refractivity contribution in [3.05, 3.63) is 72.1 Å². The monoisotopic (exact) mass is 345 g/mol. The van der Waals surface area contributed by atoms with Crippen LogP contribution in [-0.2, 0) is 0 Å². The van der Waals surface area contributed by atoms with Crippen LogP contribution in [-0.4, -0.2) is 19.9 Å². The fourth-order valence-corrected chi connectivity index (χ4v) is 3.19. The third-order valence-electron chi connectivity index (χ3n) is 3.72. The molecule has 0 fully saturated rings. The molecular formula is C19H15N5S. The van der Waals surface area contributed by atoms with Crippen LogP contribution in [0.4, 0.5) is 11.6 Å². The van der Waals surface area contributed by atoms with Gasteiger partial charge in [0.25, 0.3) is 0 Å². The van der Waals surface area contributed by atoms with Gasteiger partial charge < -0.3 is 5.32 Å². The van der Waals surface area contributed by atoms with Gasteiger partial charge in [0.15, 0.2) is 0 Å². The van der Waals surface area contributed by atoms with E-state index in [0.29, 0.717) is 5.95 Å². The van der Waals surface area contributed by atoms with E-state index in [2.05, 4.69) is 37.4 Å². The van der Waals surface area contributed by atoms with Crippen LogP contribution in [0.5, 0.6) is 0 Å². The van der Waals surface area contributed by atoms with E-state index in [0.717, 1.165) is 33.1 Å². The maximum absolute atomic E-state index is 4.63. The number of aryl methyl sites for hydroxylation is 1. The molecule has 0 bridgehead atoms. The number of aromatic nitrogens is 4. The summed E-state index contributed by atoms with van der Waals surface area (Å²) < 4.78 is 0. The van der Waals surface area contributed by atoms with E-state index < -0.39 is 0 Å². The van der Waals surface area contributed by atoms with Gasteiger partial charge in [-0.05, 0) is 36.2 Å². The second-order valence-electron chi connectivity index (χ2n) is 5.51. The minimum absolute atomic E-state index is 0.555. The summed E-state index contributed by atoms with van der Waals surface area (Å²) in [5, 5.41) is 6.12. The minimum Gasteiger partial charge on any atom is -0.324 e. The molecule has 3 heterocycles. The molecule has 0 unspecified atom stereocenters. The van der Waals surface area contributed by atoms with Crippen molar-refractivity contribution < 1.29 is 0 Å². The summed E-state index contributed by atoms with van der Waals surface area (Å²) in [5.74, 6) is 0.555. The molecule has 0 saturated heterocycles. The van der Waals surface area contributed by atoms with Gasteiger partial charge in [0.05, 0.1) is 0 Å². The van der Waals surface area contributed by atoms with Crippen LogP contribution in [0.1, 0.15) is 5.56 Å². The van der Waals surface area contributed by atoms with E-state index in [4.69, 9.17) is 0 Å². The summed E-state index contributed by atoms with van der Waals surface area (Å²) in [6, 6.07) is 12.1. The zero-order valence-electron chi connectivity index (χ0n) is 13.5. The largest absolute Gasteiger partial charge is 0.324 e. The van der Waals surface area contributed by atoms with Crippen molar-refractivity contribution in [2.75, 3.05) is 5.32 Å². The predicted octanol–water partition coefficient (Wildman–Crippen LogP) is 4.71. The SMILES string of the molecule is Cc1cnc(Nc2cccc(-c3cccnc3)c2)nc1-c1nccs1. The Labute approximate surface area is 149 Å². The van der Waals surface area contributed by atoms with Crippen LogP contribution < -0.4 is 5.32 Å². The number of hydrogen-bond acceptors (Lipinski definition) is 6. The molecule has 0 saturated carbocycles. The predicted molar refractivity (Wildman–Crippen MR) is 101 cm³/mol. The molecule has 4 rings (SSSR count). The van der Waals surface area contributed by atoms with Gasteiger partial charge in [-0.3, -0.25) is 4.98 Å². The number of benzene rings is 1. The van der Waals surface area contributed by atoms with E-state index in [1.54, 1.807) is 23.7 Å². The number of nitrogens with zero attached hydrogens (tertiary/aromatic N) is 4. The van der Waals surface area contributed by atoms with Crippen LogP contribution >= 0.6 is 11.3 Å². The van der Waals surface area contributed by atoms with Gasteiger partial charge in [0, 0.05) is 41.4 Å². The van der Waals surface area contributed by atoms with Crippen molar-refractivity contribution in [2.45, 2.75) is 6.92 Å². The Bertz CT molecular complexity index is 984. The van der Waals surface area contributed by atoms with Crippen molar-refractivity contribution >= 4 is 23.0 Å². The van der Waals surface area contributed by atoms with Gasteiger partial charge in [-0.25, -0.2) is 15.0 Å². The first-order chi connectivity index (χ1) is 12.3. The minimum atomic E-state index is 0.555. The second-order valence-corrected chi connectivity index (χ2v) is 6.40. The maximum Gasteiger partial charge on any atom is 0.227 e. The highest BCUT2D eigenvalue weighted by Crippen LogP contribution is 2.26. The molecule has 0 atom stereocenters. The van der Waals surface area contributed by atoms with E-state index in [-0.39, 0.29) is 0 Å². The molecule has 0 aliphatic carbocycles. The topological polar surface area (TPSA) is 63.6 Å². The Kier molecular flexibility index (Phi) is 4.18. The fraction of sp³-hybridized carbons (Fsp3) is 0.0526. The Balaban J connectivity index is 1.64. The highest BCUT2D eigenvalue weighted by Gasteiger charge is 2.09. The van der Waals surface area contributed by atoms with Gasteiger partial charge in [-0.2, -0.15) is 0 Å². The molecule has 0 aliphatic rings. The lowest BCUT2D eigenvalue weighted by Crippen LogP contribution is -2.00. The maximum atomic E-state index is 4.63. The lowest BCUT2D eigenvalue weighted by Gasteiger charge is -2.09. The zero-order chi connectivity index (χ0) is 17.1. The van der Waals surface area contributed by atoms with E-state index in [1.165, 1.54) is 0 Å².